The summed E-state index contributed by atoms with van der Waals surface area (Å²) in [7, 11) is 0. The van der Waals surface area contributed by atoms with Crippen molar-refractivity contribution in [3.8, 4) is 0 Å². The molecular formula is C9H10F2N2O2. The van der Waals surface area contributed by atoms with Gasteiger partial charge in [-0.2, -0.15) is 8.78 Å². The largest absolute Gasteiger partial charge is 0.476 e. The predicted molar refractivity (Wildman–Crippen MR) is 46.7 cm³/mol. The first-order valence-corrected chi connectivity index (χ1v) is 4.69. The van der Waals surface area contributed by atoms with Crippen molar-refractivity contribution in [2.24, 2.45) is 0 Å². The average molecular weight is 216 g/mol. The molecule has 1 aromatic rings. The third-order valence-electron chi connectivity index (χ3n) is 2.50. The van der Waals surface area contributed by atoms with Gasteiger partial charge in [0.15, 0.2) is 0 Å². The number of imidazole rings is 1. The van der Waals surface area contributed by atoms with Crippen molar-refractivity contribution in [3.05, 3.63) is 17.7 Å². The van der Waals surface area contributed by atoms with Gasteiger partial charge in [-0.25, -0.2) is 9.78 Å². The number of hydrogen-bond acceptors (Lipinski definition) is 2. The summed E-state index contributed by atoms with van der Waals surface area (Å²) in [5.41, 5.74) is -0.660. The number of carbonyl (C=O) groups is 1. The van der Waals surface area contributed by atoms with Gasteiger partial charge >= 0.3 is 11.9 Å². The Kier molecular flexibility index (Phi) is 2.21. The van der Waals surface area contributed by atoms with Crippen LogP contribution in [-0.4, -0.2) is 20.6 Å². The summed E-state index contributed by atoms with van der Waals surface area (Å²) in [4.78, 5) is 14.0. The van der Waals surface area contributed by atoms with Gasteiger partial charge in [0.05, 0.1) is 0 Å². The van der Waals surface area contributed by atoms with Crippen LogP contribution in [0, 0.1) is 0 Å². The Bertz CT molecular complexity index is 377. The van der Waals surface area contributed by atoms with Crippen molar-refractivity contribution < 1.29 is 18.7 Å². The van der Waals surface area contributed by atoms with Gasteiger partial charge < -0.3 is 9.67 Å². The van der Waals surface area contributed by atoms with Crippen LogP contribution in [0.2, 0.25) is 0 Å². The number of carboxylic acid groups (broad SMARTS) is 1. The van der Waals surface area contributed by atoms with Crippen LogP contribution in [0.15, 0.2) is 6.20 Å². The molecule has 0 atom stereocenters. The zero-order chi connectivity index (χ0) is 11.1. The molecule has 2 rings (SSSR count). The number of aliphatic carboxylic acids is 1. The Morgan fingerprint density at radius 2 is 2.27 bits per heavy atom. The van der Waals surface area contributed by atoms with Crippen LogP contribution in [0.5, 0.6) is 0 Å². The van der Waals surface area contributed by atoms with E-state index in [4.69, 9.17) is 5.11 Å². The molecule has 0 saturated heterocycles. The Labute approximate surface area is 84.5 Å². The highest BCUT2D eigenvalue weighted by molar-refractivity contribution is 5.76. The standard InChI is InChI=1S/C9H10F2N2O2/c10-9(11,8(14)15)6-5-13-4-2-1-3-7(13)12-6/h5H,1-4H2,(H,14,15). The monoisotopic (exact) mass is 216 g/mol. The predicted octanol–water partition coefficient (Wildman–Crippen LogP) is 1.40. The molecule has 1 aliphatic heterocycles. The van der Waals surface area contributed by atoms with Crippen LogP contribution in [0.3, 0.4) is 0 Å². The number of rotatable bonds is 2. The SMILES string of the molecule is O=C(O)C(F)(F)c1cn2c(n1)CCCC2. The van der Waals surface area contributed by atoms with E-state index in [1.165, 1.54) is 0 Å². The number of halogens is 2. The van der Waals surface area contributed by atoms with Crippen LogP contribution in [0.4, 0.5) is 8.78 Å². The number of nitrogens with zero attached hydrogens (tertiary/aromatic N) is 2. The third-order valence-corrected chi connectivity index (χ3v) is 2.50. The van der Waals surface area contributed by atoms with Crippen molar-refractivity contribution in [3.63, 3.8) is 0 Å². The number of fused-ring (bicyclic) bond motifs is 1. The van der Waals surface area contributed by atoms with Crippen molar-refractivity contribution in [1.82, 2.24) is 9.55 Å². The van der Waals surface area contributed by atoms with Crippen LogP contribution < -0.4 is 0 Å². The van der Waals surface area contributed by atoms with E-state index in [1.54, 1.807) is 4.57 Å². The van der Waals surface area contributed by atoms with E-state index in [0.29, 0.717) is 18.8 Å². The second kappa shape index (κ2) is 3.29. The summed E-state index contributed by atoms with van der Waals surface area (Å²) in [6, 6.07) is 0. The Morgan fingerprint density at radius 3 is 2.87 bits per heavy atom. The van der Waals surface area contributed by atoms with Gasteiger partial charge in [0.25, 0.3) is 0 Å². The van der Waals surface area contributed by atoms with Crippen molar-refractivity contribution >= 4 is 5.97 Å². The quantitative estimate of drug-likeness (QED) is 0.812. The molecule has 1 aliphatic rings. The molecule has 1 aromatic heterocycles. The van der Waals surface area contributed by atoms with Gasteiger partial charge in [0, 0.05) is 19.2 Å². The average Bonchev–Trinajstić information content (AvgIpc) is 2.61. The molecule has 0 amide bonds. The van der Waals surface area contributed by atoms with Gasteiger partial charge in [-0.1, -0.05) is 0 Å². The lowest BCUT2D eigenvalue weighted by Crippen LogP contribution is -2.25. The summed E-state index contributed by atoms with van der Waals surface area (Å²) >= 11 is 0. The summed E-state index contributed by atoms with van der Waals surface area (Å²) in [5.74, 6) is -5.49. The Morgan fingerprint density at radius 1 is 1.53 bits per heavy atom. The number of hydrogen-bond donors (Lipinski definition) is 1. The van der Waals surface area contributed by atoms with Crippen LogP contribution >= 0.6 is 0 Å². The lowest BCUT2D eigenvalue weighted by molar-refractivity contribution is -0.166. The maximum atomic E-state index is 13.1. The van der Waals surface area contributed by atoms with E-state index in [-0.39, 0.29) is 0 Å². The van der Waals surface area contributed by atoms with Gasteiger partial charge in [-0.3, -0.25) is 0 Å². The van der Waals surface area contributed by atoms with Crippen molar-refractivity contribution in [2.45, 2.75) is 31.7 Å². The summed E-state index contributed by atoms with van der Waals surface area (Å²) in [5, 5.41) is 8.36. The van der Waals surface area contributed by atoms with Gasteiger partial charge in [0.2, 0.25) is 0 Å². The molecule has 0 aliphatic carbocycles. The lowest BCUT2D eigenvalue weighted by atomic mass is 10.2. The molecule has 82 valence electrons. The maximum Gasteiger partial charge on any atom is 0.385 e. The maximum absolute atomic E-state index is 13.1. The number of alkyl halides is 2. The topological polar surface area (TPSA) is 55.1 Å². The van der Waals surface area contributed by atoms with Crippen molar-refractivity contribution in [2.75, 3.05) is 0 Å². The minimum Gasteiger partial charge on any atom is -0.476 e. The van der Waals surface area contributed by atoms with Crippen LogP contribution in [0.25, 0.3) is 0 Å². The first kappa shape index (κ1) is 10.1. The molecule has 1 N–H and O–H groups in total. The first-order chi connectivity index (χ1) is 7.01. The summed E-state index contributed by atoms with van der Waals surface area (Å²) < 4.78 is 27.8. The zero-order valence-corrected chi connectivity index (χ0v) is 7.91. The van der Waals surface area contributed by atoms with Crippen LogP contribution in [0.1, 0.15) is 24.4 Å². The van der Waals surface area contributed by atoms with E-state index in [9.17, 15) is 13.6 Å². The van der Waals surface area contributed by atoms with E-state index < -0.39 is 17.6 Å². The van der Waals surface area contributed by atoms with E-state index in [0.717, 1.165) is 19.0 Å². The normalized spacial score (nSPS) is 16.1. The molecule has 2 heterocycles. The van der Waals surface area contributed by atoms with E-state index in [2.05, 4.69) is 4.98 Å². The molecular weight excluding hydrogens is 206 g/mol. The Hall–Kier alpha value is -1.46. The van der Waals surface area contributed by atoms with Crippen molar-refractivity contribution in [1.29, 1.82) is 0 Å². The van der Waals surface area contributed by atoms with Gasteiger partial charge in [-0.15, -0.1) is 0 Å². The summed E-state index contributed by atoms with van der Waals surface area (Å²) in [6.45, 7) is 0.637. The first-order valence-electron chi connectivity index (χ1n) is 4.69. The molecule has 6 heteroatoms. The van der Waals surface area contributed by atoms with Gasteiger partial charge in [0.1, 0.15) is 11.5 Å². The molecule has 0 spiro atoms. The fraction of sp³-hybridized carbons (Fsp3) is 0.556. The minimum atomic E-state index is -3.88. The molecule has 15 heavy (non-hydrogen) atoms. The second-order valence-corrected chi connectivity index (χ2v) is 3.57. The molecule has 0 unspecified atom stereocenters. The number of carboxylic acids is 1. The number of aryl methyl sites for hydroxylation is 2. The fourth-order valence-electron chi connectivity index (χ4n) is 1.67. The third kappa shape index (κ3) is 1.60. The van der Waals surface area contributed by atoms with E-state index in [1.807, 2.05) is 0 Å². The highest BCUT2D eigenvalue weighted by atomic mass is 19.3. The lowest BCUT2D eigenvalue weighted by Gasteiger charge is -2.11. The molecule has 0 bridgehead atoms. The number of aromatic nitrogens is 2. The fourth-order valence-corrected chi connectivity index (χ4v) is 1.67. The zero-order valence-electron chi connectivity index (χ0n) is 7.91. The molecule has 4 nitrogen and oxygen atoms in total. The molecule has 0 radical (unpaired) electrons. The van der Waals surface area contributed by atoms with Crippen LogP contribution in [-0.2, 0) is 23.7 Å². The van der Waals surface area contributed by atoms with E-state index >= 15 is 0 Å². The Balaban J connectivity index is 2.37. The highest BCUT2D eigenvalue weighted by Crippen LogP contribution is 2.28. The second-order valence-electron chi connectivity index (χ2n) is 3.57. The minimum absolute atomic E-state index is 0.553. The molecule has 0 saturated carbocycles. The molecule has 0 fully saturated rings. The highest BCUT2D eigenvalue weighted by Gasteiger charge is 2.44. The summed E-state index contributed by atoms with van der Waals surface area (Å²) in [6.07, 6.45) is 3.61. The smallest absolute Gasteiger partial charge is 0.385 e. The van der Waals surface area contributed by atoms with Gasteiger partial charge in [-0.05, 0) is 12.8 Å². The molecule has 0 aromatic carbocycles.